The van der Waals surface area contributed by atoms with Crippen molar-refractivity contribution in [2.24, 2.45) is 0 Å². The Morgan fingerprint density at radius 1 is 1.47 bits per heavy atom. The molecule has 1 aliphatic heterocycles. The monoisotopic (exact) mass is 293 g/mol. The number of hydrogen-bond donors (Lipinski definition) is 2. The van der Waals surface area contributed by atoms with Gasteiger partial charge in [0.05, 0.1) is 16.6 Å². The van der Waals surface area contributed by atoms with E-state index in [1.807, 2.05) is 30.5 Å². The van der Waals surface area contributed by atoms with Crippen LogP contribution in [0.15, 0.2) is 29.6 Å². The van der Waals surface area contributed by atoms with E-state index in [-0.39, 0.29) is 11.8 Å². The van der Waals surface area contributed by atoms with Gasteiger partial charge in [-0.05, 0) is 41.6 Å². The van der Waals surface area contributed by atoms with E-state index in [0.717, 1.165) is 16.0 Å². The Morgan fingerprint density at radius 2 is 2.26 bits per heavy atom. The summed E-state index contributed by atoms with van der Waals surface area (Å²) in [6, 6.07) is 7.34. The van der Waals surface area contributed by atoms with Crippen LogP contribution in [0.2, 0.25) is 5.02 Å². The number of fused-ring (bicyclic) bond motifs is 1. The highest BCUT2D eigenvalue weighted by molar-refractivity contribution is 7.10. The molecule has 98 valence electrons. The molecule has 2 N–H and O–H groups in total. The number of rotatable bonds is 2. The summed E-state index contributed by atoms with van der Waals surface area (Å²) in [6.07, 6.45) is -0.703. The highest BCUT2D eigenvalue weighted by atomic mass is 35.5. The Labute approximate surface area is 119 Å². The van der Waals surface area contributed by atoms with Crippen LogP contribution in [-0.4, -0.2) is 11.0 Å². The van der Waals surface area contributed by atoms with Crippen LogP contribution in [0.4, 0.5) is 5.69 Å². The van der Waals surface area contributed by atoms with Gasteiger partial charge >= 0.3 is 0 Å². The number of aliphatic hydroxyl groups excluding tert-OH is 1. The lowest BCUT2D eigenvalue weighted by molar-refractivity contribution is -0.116. The molecule has 2 heterocycles. The minimum Gasteiger partial charge on any atom is -0.383 e. The minimum atomic E-state index is -0.703. The summed E-state index contributed by atoms with van der Waals surface area (Å²) >= 11 is 7.68. The van der Waals surface area contributed by atoms with E-state index in [0.29, 0.717) is 10.7 Å². The number of carbonyl (C=O) groups is 1. The number of amides is 1. The zero-order valence-electron chi connectivity index (χ0n) is 10.2. The molecule has 5 heteroatoms. The van der Waals surface area contributed by atoms with Gasteiger partial charge in [0.25, 0.3) is 0 Å². The number of aliphatic hydroxyl groups is 1. The Morgan fingerprint density at radius 3 is 2.95 bits per heavy atom. The first kappa shape index (κ1) is 12.7. The Kier molecular flexibility index (Phi) is 3.09. The molecule has 2 unspecified atom stereocenters. The van der Waals surface area contributed by atoms with Gasteiger partial charge in [-0.15, -0.1) is 11.3 Å². The maximum atomic E-state index is 11.7. The predicted molar refractivity (Wildman–Crippen MR) is 76.9 cm³/mol. The zero-order chi connectivity index (χ0) is 13.6. The van der Waals surface area contributed by atoms with Crippen LogP contribution in [0.5, 0.6) is 0 Å². The largest absolute Gasteiger partial charge is 0.383 e. The van der Waals surface area contributed by atoms with Crippen molar-refractivity contribution in [2.75, 3.05) is 5.32 Å². The Bertz CT molecular complexity index is 639. The van der Waals surface area contributed by atoms with Gasteiger partial charge in [0.2, 0.25) is 5.91 Å². The molecule has 3 nitrogen and oxygen atoms in total. The third kappa shape index (κ3) is 2.06. The first-order valence-electron chi connectivity index (χ1n) is 5.93. The van der Waals surface area contributed by atoms with E-state index in [9.17, 15) is 9.90 Å². The fraction of sp³-hybridized carbons (Fsp3) is 0.214. The summed E-state index contributed by atoms with van der Waals surface area (Å²) in [4.78, 5) is 12.5. The predicted octanol–water partition coefficient (Wildman–Crippen LogP) is 3.54. The van der Waals surface area contributed by atoms with Crippen LogP contribution in [-0.2, 0) is 4.79 Å². The molecule has 0 aliphatic carbocycles. The summed E-state index contributed by atoms with van der Waals surface area (Å²) in [5.74, 6) is -0.289. The maximum Gasteiger partial charge on any atom is 0.231 e. The van der Waals surface area contributed by atoms with Crippen LogP contribution in [0.25, 0.3) is 0 Å². The molecular weight excluding hydrogens is 282 g/mol. The van der Waals surface area contributed by atoms with Crippen molar-refractivity contribution in [3.05, 3.63) is 50.7 Å². The van der Waals surface area contributed by atoms with Gasteiger partial charge in [-0.2, -0.15) is 0 Å². The number of carbonyl (C=O) groups excluding carboxylic acids is 1. The van der Waals surface area contributed by atoms with Gasteiger partial charge in [-0.25, -0.2) is 0 Å². The summed E-state index contributed by atoms with van der Waals surface area (Å²) < 4.78 is 0. The normalized spacial score (nSPS) is 19.1. The quantitative estimate of drug-likeness (QED) is 0.890. The second-order valence-electron chi connectivity index (χ2n) is 4.60. The SMILES string of the molecule is CC1C(=O)Nc2c(Cl)cc(C(O)c3cccs3)cc21. The van der Waals surface area contributed by atoms with Crippen molar-refractivity contribution in [3.8, 4) is 0 Å². The lowest BCUT2D eigenvalue weighted by Crippen LogP contribution is -2.08. The molecule has 0 spiro atoms. The van der Waals surface area contributed by atoms with Gasteiger partial charge in [-0.1, -0.05) is 17.7 Å². The average molecular weight is 294 g/mol. The molecule has 0 saturated carbocycles. The Hall–Kier alpha value is -1.36. The molecule has 1 aromatic heterocycles. The number of hydrogen-bond acceptors (Lipinski definition) is 3. The van der Waals surface area contributed by atoms with E-state index in [4.69, 9.17) is 11.6 Å². The van der Waals surface area contributed by atoms with Crippen LogP contribution < -0.4 is 5.32 Å². The van der Waals surface area contributed by atoms with E-state index in [1.165, 1.54) is 11.3 Å². The summed E-state index contributed by atoms with van der Waals surface area (Å²) in [5.41, 5.74) is 2.24. The van der Waals surface area contributed by atoms with Crippen molar-refractivity contribution in [3.63, 3.8) is 0 Å². The van der Waals surface area contributed by atoms with Crippen molar-refractivity contribution in [1.82, 2.24) is 0 Å². The fourth-order valence-electron chi connectivity index (χ4n) is 2.26. The molecule has 19 heavy (non-hydrogen) atoms. The van der Waals surface area contributed by atoms with Crippen LogP contribution in [0.3, 0.4) is 0 Å². The first-order chi connectivity index (χ1) is 9.08. The van der Waals surface area contributed by atoms with Gasteiger partial charge in [-0.3, -0.25) is 4.79 Å². The van der Waals surface area contributed by atoms with Gasteiger partial charge in [0, 0.05) is 4.88 Å². The molecule has 1 amide bonds. The van der Waals surface area contributed by atoms with Gasteiger partial charge < -0.3 is 10.4 Å². The lowest BCUT2D eigenvalue weighted by atomic mass is 9.98. The first-order valence-corrected chi connectivity index (χ1v) is 7.19. The molecule has 3 rings (SSSR count). The number of thiophene rings is 1. The highest BCUT2D eigenvalue weighted by Crippen LogP contribution is 2.40. The van der Waals surface area contributed by atoms with E-state index >= 15 is 0 Å². The number of nitrogens with one attached hydrogen (secondary N) is 1. The van der Waals surface area contributed by atoms with Crippen LogP contribution in [0, 0.1) is 0 Å². The van der Waals surface area contributed by atoms with E-state index in [1.54, 1.807) is 6.07 Å². The van der Waals surface area contributed by atoms with Crippen molar-refractivity contribution in [2.45, 2.75) is 18.9 Å². The Balaban J connectivity index is 2.06. The number of halogens is 1. The lowest BCUT2D eigenvalue weighted by Gasteiger charge is -2.12. The van der Waals surface area contributed by atoms with E-state index in [2.05, 4.69) is 5.32 Å². The topological polar surface area (TPSA) is 49.3 Å². The molecule has 2 atom stereocenters. The van der Waals surface area contributed by atoms with Gasteiger partial charge in [0.15, 0.2) is 0 Å². The standard InChI is InChI=1S/C14H12ClNO2S/c1-7-9-5-8(13(17)11-3-2-4-19-11)6-10(15)12(9)16-14(7)18/h2-7,13,17H,1H3,(H,16,18). The molecule has 0 saturated heterocycles. The third-order valence-corrected chi connectivity index (χ3v) is 4.60. The van der Waals surface area contributed by atoms with E-state index < -0.39 is 6.10 Å². The highest BCUT2D eigenvalue weighted by Gasteiger charge is 2.29. The van der Waals surface area contributed by atoms with Crippen LogP contribution >= 0.6 is 22.9 Å². The average Bonchev–Trinajstić information content (AvgIpc) is 3.00. The van der Waals surface area contributed by atoms with Crippen molar-refractivity contribution in [1.29, 1.82) is 0 Å². The zero-order valence-corrected chi connectivity index (χ0v) is 11.8. The molecule has 1 aliphatic rings. The molecule has 0 radical (unpaired) electrons. The molecule has 2 aromatic rings. The van der Waals surface area contributed by atoms with Crippen LogP contribution in [0.1, 0.15) is 34.9 Å². The minimum absolute atomic E-state index is 0.0559. The number of benzene rings is 1. The molecule has 1 aromatic carbocycles. The second-order valence-corrected chi connectivity index (χ2v) is 5.98. The molecule has 0 bridgehead atoms. The van der Waals surface area contributed by atoms with Crippen molar-refractivity contribution >= 4 is 34.5 Å². The van der Waals surface area contributed by atoms with Gasteiger partial charge in [0.1, 0.15) is 6.10 Å². The molecular formula is C14H12ClNO2S. The maximum absolute atomic E-state index is 11.7. The molecule has 0 fully saturated rings. The van der Waals surface area contributed by atoms with Crippen molar-refractivity contribution < 1.29 is 9.90 Å². The third-order valence-electron chi connectivity index (χ3n) is 3.38. The summed E-state index contributed by atoms with van der Waals surface area (Å²) in [5, 5.41) is 15.5. The fourth-order valence-corrected chi connectivity index (χ4v) is 3.28. The summed E-state index contributed by atoms with van der Waals surface area (Å²) in [6.45, 7) is 1.83. The second kappa shape index (κ2) is 4.63. The smallest absolute Gasteiger partial charge is 0.231 e. The summed E-state index contributed by atoms with van der Waals surface area (Å²) in [7, 11) is 0. The number of anilines is 1.